The Labute approximate surface area is 141 Å². The highest BCUT2D eigenvalue weighted by Gasteiger charge is 2.09. The molecule has 0 aliphatic carbocycles. The molecule has 0 fully saturated rings. The lowest BCUT2D eigenvalue weighted by Crippen LogP contribution is -1.94. The van der Waals surface area contributed by atoms with Gasteiger partial charge in [-0.1, -0.05) is 12.1 Å². The van der Waals surface area contributed by atoms with Gasteiger partial charge in [-0.2, -0.15) is 0 Å². The quantitative estimate of drug-likeness (QED) is 0.660. The van der Waals surface area contributed by atoms with Crippen molar-refractivity contribution in [3.63, 3.8) is 0 Å². The summed E-state index contributed by atoms with van der Waals surface area (Å²) in [6, 6.07) is 18.6. The summed E-state index contributed by atoms with van der Waals surface area (Å²) in [5.74, 6) is 2.97. The maximum atomic E-state index is 5.99. The topological polar surface area (TPSA) is 70.5 Å². The van der Waals surface area contributed by atoms with Crippen LogP contribution in [0, 0.1) is 13.8 Å². The molecule has 122 valence electrons. The Bertz CT molecular complexity index is 852. The number of ether oxygens (including phenoxy) is 2. The molecule has 0 atom stereocenters. The third-order valence-corrected chi connectivity index (χ3v) is 3.61. The zero-order valence-corrected chi connectivity index (χ0v) is 13.7. The van der Waals surface area contributed by atoms with E-state index in [9.17, 15) is 0 Å². The molecule has 4 nitrogen and oxygen atoms in total. The van der Waals surface area contributed by atoms with Crippen LogP contribution in [-0.4, -0.2) is 0 Å². The largest absolute Gasteiger partial charge is 0.457 e. The van der Waals surface area contributed by atoms with Crippen LogP contribution in [-0.2, 0) is 0 Å². The number of aryl methyl sites for hydroxylation is 2. The Balaban J connectivity index is 1.86. The minimum Gasteiger partial charge on any atom is -0.457 e. The van der Waals surface area contributed by atoms with Crippen molar-refractivity contribution >= 4 is 11.4 Å². The summed E-state index contributed by atoms with van der Waals surface area (Å²) in [7, 11) is 0. The van der Waals surface area contributed by atoms with Gasteiger partial charge in [-0.05, 0) is 61.4 Å². The van der Waals surface area contributed by atoms with Gasteiger partial charge in [0.05, 0.1) is 0 Å². The maximum absolute atomic E-state index is 5.99. The predicted molar refractivity (Wildman–Crippen MR) is 97.8 cm³/mol. The third-order valence-electron chi connectivity index (χ3n) is 3.61. The summed E-state index contributed by atoms with van der Waals surface area (Å²) >= 11 is 0. The SMILES string of the molecule is Cc1cc(Oc2cccc(N)c2)cc(C)c1Oc1cccc(N)c1. The van der Waals surface area contributed by atoms with Gasteiger partial charge in [-0.15, -0.1) is 0 Å². The lowest BCUT2D eigenvalue weighted by molar-refractivity contribution is 0.463. The lowest BCUT2D eigenvalue weighted by Gasteiger charge is -2.15. The van der Waals surface area contributed by atoms with Crippen LogP contribution in [0.2, 0.25) is 0 Å². The van der Waals surface area contributed by atoms with Gasteiger partial charge in [-0.25, -0.2) is 0 Å². The molecule has 3 aromatic rings. The van der Waals surface area contributed by atoms with E-state index in [4.69, 9.17) is 20.9 Å². The molecule has 0 spiro atoms. The van der Waals surface area contributed by atoms with E-state index in [0.29, 0.717) is 22.9 Å². The predicted octanol–water partition coefficient (Wildman–Crippen LogP) is 5.05. The summed E-state index contributed by atoms with van der Waals surface area (Å²) < 4.78 is 11.9. The minimum absolute atomic E-state index is 0.669. The molecule has 0 amide bonds. The Morgan fingerprint density at radius 3 is 1.62 bits per heavy atom. The summed E-state index contributed by atoms with van der Waals surface area (Å²) in [5, 5.41) is 0. The Kier molecular flexibility index (Phi) is 4.29. The second kappa shape index (κ2) is 6.54. The van der Waals surface area contributed by atoms with Gasteiger partial charge in [0.15, 0.2) is 0 Å². The van der Waals surface area contributed by atoms with E-state index in [1.54, 1.807) is 12.1 Å². The van der Waals surface area contributed by atoms with Crippen molar-refractivity contribution < 1.29 is 9.47 Å². The molecule has 24 heavy (non-hydrogen) atoms. The zero-order valence-electron chi connectivity index (χ0n) is 13.7. The van der Waals surface area contributed by atoms with Gasteiger partial charge in [-0.3, -0.25) is 0 Å². The fourth-order valence-electron chi connectivity index (χ4n) is 2.54. The van der Waals surface area contributed by atoms with Gasteiger partial charge in [0.1, 0.15) is 23.0 Å². The van der Waals surface area contributed by atoms with E-state index in [1.807, 2.05) is 62.4 Å². The van der Waals surface area contributed by atoms with Crippen molar-refractivity contribution in [2.24, 2.45) is 0 Å². The van der Waals surface area contributed by atoms with Gasteiger partial charge < -0.3 is 20.9 Å². The van der Waals surface area contributed by atoms with Crippen molar-refractivity contribution in [1.82, 2.24) is 0 Å². The summed E-state index contributed by atoms with van der Waals surface area (Å²) in [6.45, 7) is 3.97. The highest BCUT2D eigenvalue weighted by molar-refractivity contribution is 5.52. The average molecular weight is 320 g/mol. The second-order valence-corrected chi connectivity index (χ2v) is 5.74. The van der Waals surface area contributed by atoms with E-state index in [2.05, 4.69) is 0 Å². The summed E-state index contributed by atoms with van der Waals surface area (Å²) in [6.07, 6.45) is 0. The fraction of sp³-hybridized carbons (Fsp3) is 0.100. The van der Waals surface area contributed by atoms with Crippen LogP contribution < -0.4 is 20.9 Å². The highest BCUT2D eigenvalue weighted by atomic mass is 16.5. The van der Waals surface area contributed by atoms with Crippen LogP contribution in [0.5, 0.6) is 23.0 Å². The monoisotopic (exact) mass is 320 g/mol. The van der Waals surface area contributed by atoms with E-state index in [1.165, 1.54) is 0 Å². The molecule has 3 aromatic carbocycles. The minimum atomic E-state index is 0.669. The molecular weight excluding hydrogens is 300 g/mol. The highest BCUT2D eigenvalue weighted by Crippen LogP contribution is 2.34. The Hall–Kier alpha value is -3.14. The number of nitrogens with two attached hydrogens (primary N) is 2. The molecule has 4 heteroatoms. The van der Waals surface area contributed by atoms with Crippen molar-refractivity contribution in [3.05, 3.63) is 71.8 Å². The number of anilines is 2. The van der Waals surface area contributed by atoms with Gasteiger partial charge in [0, 0.05) is 23.5 Å². The molecule has 0 unspecified atom stereocenters. The molecule has 0 saturated heterocycles. The Morgan fingerprint density at radius 2 is 1.12 bits per heavy atom. The third kappa shape index (κ3) is 3.60. The zero-order chi connectivity index (χ0) is 17.1. The number of hydrogen-bond acceptors (Lipinski definition) is 4. The molecule has 3 rings (SSSR count). The van der Waals surface area contributed by atoms with Crippen LogP contribution in [0.4, 0.5) is 11.4 Å². The van der Waals surface area contributed by atoms with Gasteiger partial charge in [0.25, 0.3) is 0 Å². The van der Waals surface area contributed by atoms with Crippen LogP contribution in [0.3, 0.4) is 0 Å². The number of rotatable bonds is 4. The summed E-state index contributed by atoms with van der Waals surface area (Å²) in [5.41, 5.74) is 14.9. The molecule has 0 heterocycles. The number of benzene rings is 3. The van der Waals surface area contributed by atoms with Crippen LogP contribution in [0.15, 0.2) is 60.7 Å². The van der Waals surface area contributed by atoms with Crippen molar-refractivity contribution in [1.29, 1.82) is 0 Å². The molecular formula is C20H20N2O2. The molecule has 0 saturated carbocycles. The average Bonchev–Trinajstić information content (AvgIpc) is 2.51. The number of nitrogen functional groups attached to an aromatic ring is 2. The fourth-order valence-corrected chi connectivity index (χ4v) is 2.54. The van der Waals surface area contributed by atoms with E-state index < -0.39 is 0 Å². The standard InChI is InChI=1S/C20H20N2O2/c1-13-9-19(23-17-7-3-5-15(21)11-17)10-14(2)20(13)24-18-8-4-6-16(22)12-18/h3-12H,21-22H2,1-2H3. The van der Waals surface area contributed by atoms with E-state index >= 15 is 0 Å². The molecule has 0 aliphatic heterocycles. The maximum Gasteiger partial charge on any atom is 0.133 e. The molecule has 4 N–H and O–H groups in total. The Morgan fingerprint density at radius 1 is 0.625 bits per heavy atom. The first-order chi connectivity index (χ1) is 11.5. The second-order valence-electron chi connectivity index (χ2n) is 5.74. The van der Waals surface area contributed by atoms with Crippen LogP contribution >= 0.6 is 0 Å². The first-order valence-electron chi connectivity index (χ1n) is 7.69. The molecule has 0 radical (unpaired) electrons. The van der Waals surface area contributed by atoms with Crippen molar-refractivity contribution in [2.45, 2.75) is 13.8 Å². The van der Waals surface area contributed by atoms with E-state index in [0.717, 1.165) is 22.6 Å². The van der Waals surface area contributed by atoms with Gasteiger partial charge in [0.2, 0.25) is 0 Å². The molecule has 0 aliphatic rings. The smallest absolute Gasteiger partial charge is 0.133 e. The van der Waals surface area contributed by atoms with E-state index in [-0.39, 0.29) is 0 Å². The molecule has 0 bridgehead atoms. The van der Waals surface area contributed by atoms with Crippen LogP contribution in [0.1, 0.15) is 11.1 Å². The summed E-state index contributed by atoms with van der Waals surface area (Å²) in [4.78, 5) is 0. The molecule has 0 aromatic heterocycles. The normalized spacial score (nSPS) is 10.4. The van der Waals surface area contributed by atoms with Crippen LogP contribution in [0.25, 0.3) is 0 Å². The van der Waals surface area contributed by atoms with Crippen molar-refractivity contribution in [2.75, 3.05) is 11.5 Å². The first-order valence-corrected chi connectivity index (χ1v) is 7.69. The lowest BCUT2D eigenvalue weighted by atomic mass is 10.1. The van der Waals surface area contributed by atoms with Gasteiger partial charge >= 0.3 is 0 Å². The number of hydrogen-bond donors (Lipinski definition) is 2. The first kappa shape index (κ1) is 15.7. The van der Waals surface area contributed by atoms with Crippen molar-refractivity contribution in [3.8, 4) is 23.0 Å².